The van der Waals surface area contributed by atoms with Gasteiger partial charge in [-0.15, -0.1) is 13.2 Å². The minimum absolute atomic E-state index is 0.417. The van der Waals surface area contributed by atoms with Gasteiger partial charge in [-0.2, -0.15) is 0 Å². The van der Waals surface area contributed by atoms with Crippen molar-refractivity contribution in [3.05, 3.63) is 67.8 Å². The third-order valence-electron chi connectivity index (χ3n) is 2.88. The lowest BCUT2D eigenvalue weighted by Crippen LogP contribution is -2.16. The molecule has 22 heavy (non-hydrogen) atoms. The predicted molar refractivity (Wildman–Crippen MR) is 109 cm³/mol. The molecule has 2 aliphatic heterocycles. The van der Waals surface area contributed by atoms with Crippen molar-refractivity contribution in [1.29, 1.82) is 0 Å². The van der Waals surface area contributed by atoms with Crippen LogP contribution in [-0.4, -0.2) is 22.6 Å². The normalized spacial score (nSPS) is 12.8. The van der Waals surface area contributed by atoms with Crippen LogP contribution in [-0.2, 0) is 0 Å². The molecule has 0 amide bonds. The maximum Gasteiger partial charge on any atom is 0.0526 e. The van der Waals surface area contributed by atoms with Gasteiger partial charge in [0.05, 0.1) is 5.69 Å². The lowest BCUT2D eigenvalue weighted by Gasteiger charge is -2.09. The lowest BCUT2D eigenvalue weighted by atomic mass is 10.0. The zero-order valence-corrected chi connectivity index (χ0v) is 16.2. The number of nitrogens with zero attached hydrogens (tertiary/aromatic N) is 1. The summed E-state index contributed by atoms with van der Waals surface area (Å²) in [6.45, 7) is 25.1. The van der Waals surface area contributed by atoms with Crippen LogP contribution in [0, 0.1) is 0 Å². The molecule has 0 aromatic heterocycles. The van der Waals surface area contributed by atoms with E-state index in [0.717, 1.165) is 13.1 Å². The largest absolute Gasteiger partial charge is 0.362 e. The summed E-state index contributed by atoms with van der Waals surface area (Å²) >= 11 is 0. The highest BCUT2D eigenvalue weighted by molar-refractivity contribution is 6.31. The summed E-state index contributed by atoms with van der Waals surface area (Å²) in [7, 11) is 0.417. The Morgan fingerprint density at radius 1 is 0.955 bits per heavy atom. The second-order valence-electron chi connectivity index (χ2n) is 5.29. The molecule has 1 aromatic carbocycles. The van der Waals surface area contributed by atoms with Crippen molar-refractivity contribution in [2.24, 2.45) is 0 Å². The summed E-state index contributed by atoms with van der Waals surface area (Å²) < 4.78 is 0. The molecule has 0 saturated carbocycles. The highest BCUT2D eigenvalue weighted by Gasteiger charge is 2.30. The second-order valence-corrected chi connectivity index (χ2v) is 6.70. The summed E-state index contributed by atoms with van der Waals surface area (Å²) in [5.41, 5.74) is 6.47. The third kappa shape index (κ3) is 5.19. The fraction of sp³-hybridized carbons (Fsp3) is 0.300. The molecule has 2 heterocycles. The monoisotopic (exact) mass is 313 g/mol. The van der Waals surface area contributed by atoms with Crippen LogP contribution in [0.1, 0.15) is 25.0 Å². The number of hydrogen-bond donors (Lipinski definition) is 0. The van der Waals surface area contributed by atoms with Crippen molar-refractivity contribution in [2.45, 2.75) is 26.9 Å². The van der Waals surface area contributed by atoms with Crippen LogP contribution in [0.5, 0.6) is 0 Å². The van der Waals surface area contributed by atoms with Crippen molar-refractivity contribution in [2.75, 3.05) is 18.0 Å². The van der Waals surface area contributed by atoms with Gasteiger partial charge in [0.15, 0.2) is 0 Å². The van der Waals surface area contributed by atoms with E-state index in [1.807, 2.05) is 13.8 Å². The molecule has 3 rings (SSSR count). The highest BCUT2D eigenvalue weighted by atomic mass is 28.2. The van der Waals surface area contributed by atoms with Crippen LogP contribution in [0.2, 0.25) is 13.1 Å². The predicted octanol–water partition coefficient (Wildman–Crippen LogP) is 5.18. The molecule has 0 N–H and O–H groups in total. The molecule has 0 aliphatic carbocycles. The number of hydrogen-bond acceptors (Lipinski definition) is 1. The van der Waals surface area contributed by atoms with Crippen LogP contribution in [0.15, 0.2) is 56.7 Å². The van der Waals surface area contributed by atoms with E-state index >= 15 is 0 Å². The Bertz CT molecular complexity index is 486. The zero-order chi connectivity index (χ0) is 17.1. The van der Waals surface area contributed by atoms with E-state index in [4.69, 9.17) is 0 Å². The standard InChI is InChI=1S/C12H11N.2C3H6.C2H8Si/c1-8-6-13-7-9(2)11-5-3-4-10(8)12(11)13;3*1-3-2/h3-5H,1-2,6-7H2;2*3H,1H2,2H3;3H2,1-2H3. The fourth-order valence-electron chi connectivity index (χ4n) is 2.30. The summed E-state index contributed by atoms with van der Waals surface area (Å²) in [6, 6.07) is 6.40. The van der Waals surface area contributed by atoms with E-state index in [1.54, 1.807) is 12.2 Å². The summed E-state index contributed by atoms with van der Waals surface area (Å²) in [5, 5.41) is 0. The van der Waals surface area contributed by atoms with E-state index in [1.165, 1.54) is 28.0 Å². The van der Waals surface area contributed by atoms with Crippen molar-refractivity contribution in [3.63, 3.8) is 0 Å². The Balaban J connectivity index is 0.000000416. The number of benzene rings is 1. The van der Waals surface area contributed by atoms with Crippen LogP contribution in [0.25, 0.3) is 11.1 Å². The quantitative estimate of drug-likeness (QED) is 0.471. The summed E-state index contributed by atoms with van der Waals surface area (Å²) in [4.78, 5) is 2.36. The molecule has 0 bridgehead atoms. The maximum atomic E-state index is 4.07. The number of allylic oxidation sites excluding steroid dienone is 2. The molecule has 2 aliphatic rings. The second kappa shape index (κ2) is 10.9. The Kier molecular flexibility index (Phi) is 9.97. The van der Waals surface area contributed by atoms with E-state index in [2.05, 4.69) is 62.5 Å². The van der Waals surface area contributed by atoms with Crippen LogP contribution >= 0.6 is 0 Å². The number of anilines is 1. The first-order valence-corrected chi connectivity index (χ1v) is 10.7. The van der Waals surface area contributed by atoms with Gasteiger partial charge in [0.1, 0.15) is 0 Å². The van der Waals surface area contributed by atoms with Crippen molar-refractivity contribution < 1.29 is 0 Å². The maximum absolute atomic E-state index is 4.07. The molecular formula is C20H31NSi. The summed E-state index contributed by atoms with van der Waals surface area (Å²) in [5.74, 6) is 0. The van der Waals surface area contributed by atoms with Crippen LogP contribution in [0.4, 0.5) is 5.69 Å². The molecule has 120 valence electrons. The Labute approximate surface area is 139 Å². The average Bonchev–Trinajstić information content (AvgIpc) is 2.94. The molecular weight excluding hydrogens is 282 g/mol. The Morgan fingerprint density at radius 3 is 1.59 bits per heavy atom. The molecule has 2 heteroatoms. The average molecular weight is 314 g/mol. The first kappa shape index (κ1) is 20.2. The topological polar surface area (TPSA) is 3.24 Å². The van der Waals surface area contributed by atoms with E-state index in [-0.39, 0.29) is 0 Å². The van der Waals surface area contributed by atoms with Gasteiger partial charge in [-0.3, -0.25) is 0 Å². The van der Waals surface area contributed by atoms with Gasteiger partial charge < -0.3 is 4.90 Å². The Hall–Kier alpha value is -1.80. The number of rotatable bonds is 0. The molecule has 0 atom stereocenters. The molecule has 0 unspecified atom stereocenters. The third-order valence-corrected chi connectivity index (χ3v) is 2.88. The van der Waals surface area contributed by atoms with Crippen LogP contribution in [0.3, 0.4) is 0 Å². The van der Waals surface area contributed by atoms with Crippen LogP contribution < -0.4 is 4.90 Å². The minimum Gasteiger partial charge on any atom is -0.362 e. The molecule has 0 spiro atoms. The van der Waals surface area contributed by atoms with E-state index in [0.29, 0.717) is 9.52 Å². The lowest BCUT2D eigenvalue weighted by molar-refractivity contribution is 1.04. The van der Waals surface area contributed by atoms with Gasteiger partial charge in [-0.25, -0.2) is 0 Å². The van der Waals surface area contributed by atoms with Crippen molar-refractivity contribution in [3.8, 4) is 0 Å². The number of para-hydroxylation sites is 1. The summed E-state index contributed by atoms with van der Waals surface area (Å²) in [6.07, 6.45) is 3.50. The molecule has 1 aromatic rings. The minimum atomic E-state index is 0.417. The van der Waals surface area contributed by atoms with Gasteiger partial charge in [0, 0.05) is 33.7 Å². The van der Waals surface area contributed by atoms with Crippen molar-refractivity contribution >= 4 is 26.4 Å². The first-order valence-electron chi connectivity index (χ1n) is 7.90. The molecule has 0 fully saturated rings. The van der Waals surface area contributed by atoms with E-state index in [9.17, 15) is 0 Å². The highest BCUT2D eigenvalue weighted by Crippen LogP contribution is 2.44. The first-order chi connectivity index (χ1) is 10.5. The SMILES string of the molecule is C=C1CN2CC(=C)c3cccc1c32.C=CC.C=CC.C[SiH2]C. The van der Waals surface area contributed by atoms with Gasteiger partial charge in [-0.05, 0) is 25.0 Å². The molecule has 0 radical (unpaired) electrons. The smallest absolute Gasteiger partial charge is 0.0526 e. The van der Waals surface area contributed by atoms with Gasteiger partial charge in [0.25, 0.3) is 0 Å². The van der Waals surface area contributed by atoms with E-state index < -0.39 is 0 Å². The van der Waals surface area contributed by atoms with Gasteiger partial charge in [-0.1, -0.05) is 56.6 Å². The Morgan fingerprint density at radius 2 is 1.27 bits per heavy atom. The zero-order valence-electron chi connectivity index (χ0n) is 14.8. The molecule has 0 saturated heterocycles. The van der Waals surface area contributed by atoms with Gasteiger partial charge in [0.2, 0.25) is 0 Å². The van der Waals surface area contributed by atoms with Gasteiger partial charge >= 0.3 is 0 Å². The fourth-order valence-corrected chi connectivity index (χ4v) is 2.30. The van der Waals surface area contributed by atoms with Crippen molar-refractivity contribution in [1.82, 2.24) is 0 Å². The molecule has 1 nitrogen and oxygen atoms in total.